The fourth-order valence-electron chi connectivity index (χ4n) is 2.64. The topological polar surface area (TPSA) is 175 Å². The first-order valence-electron chi connectivity index (χ1n) is 8.91. The Balaban J connectivity index is 1.85. The molecule has 0 fully saturated rings. The number of rotatable bonds is 8. The minimum atomic E-state index is -0.873. The lowest BCUT2D eigenvalue weighted by Gasteiger charge is -2.06. The van der Waals surface area contributed by atoms with E-state index in [1.54, 1.807) is 19.1 Å². The molecule has 0 saturated carbocycles. The van der Waals surface area contributed by atoms with E-state index in [4.69, 9.17) is 4.42 Å². The Morgan fingerprint density at radius 1 is 1.13 bits per heavy atom. The fourth-order valence-corrected chi connectivity index (χ4v) is 2.64. The standard InChI is InChI=1S/C18H16N6O7/c1-2-22-10-15(16(21-22)18(26)19-9-14-4-3-5-31-14)20-17(25)11-6-12(23(27)28)8-13(7-11)24(29)30/h3-8,10H,2,9H2,1H3,(H,19,26)(H,20,25). The Kier molecular flexibility index (Phi) is 6.05. The van der Waals surface area contributed by atoms with E-state index in [9.17, 15) is 29.8 Å². The zero-order valence-electron chi connectivity index (χ0n) is 16.1. The van der Waals surface area contributed by atoms with Crippen LogP contribution in [-0.4, -0.2) is 31.4 Å². The number of carbonyl (C=O) groups excluding carboxylic acids is 2. The molecule has 13 heteroatoms. The van der Waals surface area contributed by atoms with Crippen molar-refractivity contribution in [3.8, 4) is 0 Å². The Labute approximate surface area is 174 Å². The summed E-state index contributed by atoms with van der Waals surface area (Å²) in [6, 6.07) is 5.89. The van der Waals surface area contributed by atoms with Crippen LogP contribution >= 0.6 is 0 Å². The smallest absolute Gasteiger partial charge is 0.277 e. The van der Waals surface area contributed by atoms with Crippen molar-refractivity contribution in [2.75, 3.05) is 5.32 Å². The van der Waals surface area contributed by atoms with Gasteiger partial charge < -0.3 is 15.1 Å². The predicted octanol–water partition coefficient (Wildman–Crippen LogP) is 2.49. The van der Waals surface area contributed by atoms with Gasteiger partial charge in [-0.1, -0.05) is 0 Å². The first-order valence-corrected chi connectivity index (χ1v) is 8.91. The monoisotopic (exact) mass is 428 g/mol. The van der Waals surface area contributed by atoms with Crippen molar-refractivity contribution in [3.63, 3.8) is 0 Å². The summed E-state index contributed by atoms with van der Waals surface area (Å²) in [5.74, 6) is -0.954. The molecule has 3 aromatic rings. The van der Waals surface area contributed by atoms with Gasteiger partial charge in [-0.2, -0.15) is 5.10 Å². The molecule has 2 N–H and O–H groups in total. The molecule has 1 aromatic carbocycles. The Bertz CT molecular complexity index is 1120. The van der Waals surface area contributed by atoms with Gasteiger partial charge in [-0.3, -0.25) is 34.5 Å². The quantitative estimate of drug-likeness (QED) is 0.406. The van der Waals surface area contributed by atoms with Crippen LogP contribution in [0.3, 0.4) is 0 Å². The summed E-state index contributed by atoms with van der Waals surface area (Å²) in [5.41, 5.74) is -1.59. The first kappa shape index (κ1) is 21.2. The maximum Gasteiger partial charge on any atom is 0.277 e. The predicted molar refractivity (Wildman–Crippen MR) is 105 cm³/mol. The van der Waals surface area contributed by atoms with E-state index < -0.39 is 33.0 Å². The third kappa shape index (κ3) is 4.90. The summed E-state index contributed by atoms with van der Waals surface area (Å²) in [4.78, 5) is 45.6. The van der Waals surface area contributed by atoms with Crippen LogP contribution in [0, 0.1) is 20.2 Å². The average molecular weight is 428 g/mol. The molecule has 0 aliphatic carbocycles. The highest BCUT2D eigenvalue weighted by atomic mass is 16.6. The number of nitrogens with one attached hydrogen (secondary N) is 2. The molecule has 0 aliphatic heterocycles. The van der Waals surface area contributed by atoms with Crippen LogP contribution in [0.5, 0.6) is 0 Å². The van der Waals surface area contributed by atoms with Crippen molar-refractivity contribution < 1.29 is 23.9 Å². The minimum Gasteiger partial charge on any atom is -0.467 e. The van der Waals surface area contributed by atoms with E-state index in [-0.39, 0.29) is 23.5 Å². The van der Waals surface area contributed by atoms with Crippen LogP contribution in [0.25, 0.3) is 0 Å². The van der Waals surface area contributed by atoms with Gasteiger partial charge in [-0.15, -0.1) is 0 Å². The van der Waals surface area contributed by atoms with Gasteiger partial charge in [0.15, 0.2) is 5.69 Å². The SMILES string of the molecule is CCn1cc(NC(=O)c2cc([N+](=O)[O-])cc([N+](=O)[O-])c2)c(C(=O)NCc2ccco2)n1. The fraction of sp³-hybridized carbons (Fsp3) is 0.167. The van der Waals surface area contributed by atoms with E-state index >= 15 is 0 Å². The maximum atomic E-state index is 12.6. The number of nitro benzene ring substituents is 2. The van der Waals surface area contributed by atoms with E-state index in [0.29, 0.717) is 12.3 Å². The number of benzene rings is 1. The van der Waals surface area contributed by atoms with Crippen LogP contribution in [0.15, 0.2) is 47.2 Å². The van der Waals surface area contributed by atoms with Crippen molar-refractivity contribution in [1.82, 2.24) is 15.1 Å². The number of furan rings is 1. The van der Waals surface area contributed by atoms with Crippen LogP contribution in [0.2, 0.25) is 0 Å². The lowest BCUT2D eigenvalue weighted by atomic mass is 10.1. The van der Waals surface area contributed by atoms with E-state index in [1.165, 1.54) is 17.1 Å². The van der Waals surface area contributed by atoms with Gasteiger partial charge in [0.25, 0.3) is 23.2 Å². The van der Waals surface area contributed by atoms with E-state index in [1.807, 2.05) is 0 Å². The van der Waals surface area contributed by atoms with E-state index in [2.05, 4.69) is 15.7 Å². The first-order chi connectivity index (χ1) is 14.8. The minimum absolute atomic E-state index is 0.0398. The zero-order chi connectivity index (χ0) is 22.5. The van der Waals surface area contributed by atoms with Crippen LogP contribution < -0.4 is 10.6 Å². The summed E-state index contributed by atoms with van der Waals surface area (Å²) in [6.07, 6.45) is 2.86. The lowest BCUT2D eigenvalue weighted by Crippen LogP contribution is -2.25. The number of nitro groups is 2. The van der Waals surface area contributed by atoms with Gasteiger partial charge in [0, 0.05) is 24.9 Å². The molecule has 0 spiro atoms. The van der Waals surface area contributed by atoms with Crippen molar-refractivity contribution in [1.29, 1.82) is 0 Å². The third-order valence-corrected chi connectivity index (χ3v) is 4.14. The molecule has 0 radical (unpaired) electrons. The summed E-state index contributed by atoms with van der Waals surface area (Å²) in [6.45, 7) is 2.26. The number of hydrogen-bond acceptors (Lipinski definition) is 8. The number of anilines is 1. The van der Waals surface area contributed by atoms with Crippen LogP contribution in [-0.2, 0) is 13.1 Å². The molecule has 0 saturated heterocycles. The Hall–Kier alpha value is -4.55. The summed E-state index contributed by atoms with van der Waals surface area (Å²) in [7, 11) is 0. The van der Waals surface area contributed by atoms with E-state index in [0.717, 1.165) is 18.2 Å². The number of aromatic nitrogens is 2. The normalized spacial score (nSPS) is 10.5. The Morgan fingerprint density at radius 2 is 1.81 bits per heavy atom. The lowest BCUT2D eigenvalue weighted by molar-refractivity contribution is -0.394. The second-order valence-corrected chi connectivity index (χ2v) is 6.22. The average Bonchev–Trinajstić information content (AvgIpc) is 3.41. The highest BCUT2D eigenvalue weighted by Crippen LogP contribution is 2.24. The molecule has 0 bridgehead atoms. The largest absolute Gasteiger partial charge is 0.467 e. The maximum absolute atomic E-state index is 12.6. The molecular weight excluding hydrogens is 412 g/mol. The highest BCUT2D eigenvalue weighted by molar-refractivity contribution is 6.08. The molecule has 0 aliphatic rings. The summed E-state index contributed by atoms with van der Waals surface area (Å²) >= 11 is 0. The highest BCUT2D eigenvalue weighted by Gasteiger charge is 2.23. The molecule has 3 rings (SSSR count). The van der Waals surface area contributed by atoms with Crippen molar-refractivity contribution >= 4 is 28.9 Å². The number of aryl methyl sites for hydroxylation is 1. The number of amides is 2. The molecule has 0 unspecified atom stereocenters. The second-order valence-electron chi connectivity index (χ2n) is 6.22. The van der Waals surface area contributed by atoms with Crippen LogP contribution in [0.1, 0.15) is 33.5 Å². The van der Waals surface area contributed by atoms with Gasteiger partial charge in [0.2, 0.25) is 0 Å². The van der Waals surface area contributed by atoms with Crippen molar-refractivity contribution in [2.45, 2.75) is 20.0 Å². The molecule has 2 aromatic heterocycles. The van der Waals surface area contributed by atoms with Crippen molar-refractivity contribution in [2.24, 2.45) is 0 Å². The number of non-ortho nitro benzene ring substituents is 2. The molecule has 160 valence electrons. The summed E-state index contributed by atoms with van der Waals surface area (Å²) < 4.78 is 6.55. The third-order valence-electron chi connectivity index (χ3n) is 4.14. The second kappa shape index (κ2) is 8.86. The van der Waals surface area contributed by atoms with Gasteiger partial charge >= 0.3 is 0 Å². The molecular formula is C18H16N6O7. The van der Waals surface area contributed by atoms with Gasteiger partial charge in [-0.25, -0.2) is 0 Å². The zero-order valence-corrected chi connectivity index (χ0v) is 16.1. The summed E-state index contributed by atoms with van der Waals surface area (Å²) in [5, 5.41) is 31.2. The molecule has 0 atom stereocenters. The van der Waals surface area contributed by atoms with Gasteiger partial charge in [0.1, 0.15) is 5.76 Å². The van der Waals surface area contributed by atoms with Gasteiger partial charge in [-0.05, 0) is 19.1 Å². The van der Waals surface area contributed by atoms with Crippen molar-refractivity contribution in [3.05, 3.63) is 80.0 Å². The Morgan fingerprint density at radius 3 is 2.35 bits per heavy atom. The molecule has 13 nitrogen and oxygen atoms in total. The number of hydrogen-bond donors (Lipinski definition) is 2. The molecule has 2 heterocycles. The number of carbonyl (C=O) groups is 2. The van der Waals surface area contributed by atoms with Gasteiger partial charge in [0.05, 0.1) is 40.0 Å². The molecule has 2 amide bonds. The molecule has 31 heavy (non-hydrogen) atoms. The van der Waals surface area contributed by atoms with Crippen LogP contribution in [0.4, 0.5) is 17.1 Å². The number of nitrogens with zero attached hydrogens (tertiary/aromatic N) is 4.